The molecule has 0 aromatic rings. The second-order valence-corrected chi connectivity index (χ2v) is 21.0. The van der Waals surface area contributed by atoms with Crippen molar-refractivity contribution in [3.05, 3.63) is 48.6 Å². The van der Waals surface area contributed by atoms with Crippen molar-refractivity contribution < 1.29 is 49.3 Å². The van der Waals surface area contributed by atoms with E-state index in [9.17, 15) is 35.1 Å². The fraction of sp³-hybridized carbons (Fsp3) is 0.839. The molecule has 11 nitrogen and oxygen atoms in total. The summed E-state index contributed by atoms with van der Waals surface area (Å²) in [5.41, 5.74) is 0. The first kappa shape index (κ1) is 68.6. The van der Waals surface area contributed by atoms with E-state index in [1.807, 2.05) is 6.08 Å². The molecule has 73 heavy (non-hydrogen) atoms. The molecule has 0 aromatic heterocycles. The Morgan fingerprint density at radius 3 is 1.41 bits per heavy atom. The summed E-state index contributed by atoms with van der Waals surface area (Å²) in [6, 6.07) is -0.839. The Kier molecular flexibility index (Phi) is 48.6. The molecular weight excluding hydrogens is 919 g/mol. The normalized spacial score (nSPS) is 19.2. The maximum atomic E-state index is 13.0. The quantitative estimate of drug-likeness (QED) is 0.0195. The molecule has 0 aliphatic carbocycles. The molecular formula is C62H113NO10. The third kappa shape index (κ3) is 41.5. The number of allylic oxidation sites excluding steroid dienone is 7. The largest absolute Gasteiger partial charge is 0.466 e. The number of nitrogens with one attached hydrogen (secondary N) is 1. The van der Waals surface area contributed by atoms with Gasteiger partial charge in [-0.3, -0.25) is 9.59 Å². The van der Waals surface area contributed by atoms with E-state index in [-0.39, 0.29) is 18.5 Å². The first-order valence-corrected chi connectivity index (χ1v) is 30.4. The van der Waals surface area contributed by atoms with Gasteiger partial charge in [-0.05, 0) is 77.0 Å². The van der Waals surface area contributed by atoms with Crippen LogP contribution in [0.25, 0.3) is 0 Å². The predicted octanol–water partition coefficient (Wildman–Crippen LogP) is 14.1. The monoisotopic (exact) mass is 1030 g/mol. The third-order valence-electron chi connectivity index (χ3n) is 14.1. The minimum absolute atomic E-state index is 0.00182. The van der Waals surface area contributed by atoms with Crippen molar-refractivity contribution in [2.45, 2.75) is 314 Å². The molecule has 1 amide bonds. The third-order valence-corrected chi connectivity index (χ3v) is 14.1. The summed E-state index contributed by atoms with van der Waals surface area (Å²) in [6.45, 7) is 4.24. The molecule has 7 unspecified atom stereocenters. The fourth-order valence-corrected chi connectivity index (χ4v) is 9.29. The minimum Gasteiger partial charge on any atom is -0.466 e. The molecule has 0 spiro atoms. The Morgan fingerprint density at radius 1 is 0.493 bits per heavy atom. The van der Waals surface area contributed by atoms with Gasteiger partial charge in [-0.1, -0.05) is 229 Å². The maximum absolute atomic E-state index is 13.0. The predicted molar refractivity (Wildman–Crippen MR) is 301 cm³/mol. The minimum atomic E-state index is -1.58. The van der Waals surface area contributed by atoms with E-state index in [2.05, 4.69) is 55.6 Å². The van der Waals surface area contributed by atoms with Crippen LogP contribution >= 0.6 is 0 Å². The van der Waals surface area contributed by atoms with Crippen molar-refractivity contribution in [1.29, 1.82) is 0 Å². The lowest BCUT2D eigenvalue weighted by molar-refractivity contribution is -0.302. The summed E-state index contributed by atoms with van der Waals surface area (Å²) in [5, 5.41) is 54.2. The highest BCUT2D eigenvalue weighted by molar-refractivity contribution is 5.76. The first-order valence-electron chi connectivity index (χ1n) is 30.4. The van der Waals surface area contributed by atoms with E-state index in [4.69, 9.17) is 14.2 Å². The van der Waals surface area contributed by atoms with Crippen LogP contribution in [-0.4, -0.2) is 100 Å². The van der Waals surface area contributed by atoms with Gasteiger partial charge in [-0.15, -0.1) is 0 Å². The van der Waals surface area contributed by atoms with Crippen molar-refractivity contribution in [2.24, 2.45) is 0 Å². The maximum Gasteiger partial charge on any atom is 0.305 e. The van der Waals surface area contributed by atoms with Crippen molar-refractivity contribution >= 4 is 11.9 Å². The number of amides is 1. The molecule has 11 heteroatoms. The van der Waals surface area contributed by atoms with Crippen LogP contribution < -0.4 is 5.32 Å². The molecule has 6 N–H and O–H groups in total. The molecule has 0 aromatic carbocycles. The molecule has 1 aliphatic rings. The van der Waals surface area contributed by atoms with E-state index >= 15 is 0 Å². The van der Waals surface area contributed by atoms with Crippen molar-refractivity contribution in [1.82, 2.24) is 5.32 Å². The number of aliphatic hydroxyl groups is 5. The number of aliphatic hydroxyl groups excluding tert-OH is 5. The number of esters is 1. The van der Waals surface area contributed by atoms with Crippen molar-refractivity contribution in [2.75, 3.05) is 19.8 Å². The van der Waals surface area contributed by atoms with Gasteiger partial charge in [0.15, 0.2) is 6.29 Å². The number of unbranched alkanes of at least 4 members (excludes halogenated alkanes) is 32. The zero-order valence-corrected chi connectivity index (χ0v) is 46.8. The topological polar surface area (TPSA) is 175 Å². The summed E-state index contributed by atoms with van der Waals surface area (Å²) >= 11 is 0. The van der Waals surface area contributed by atoms with Gasteiger partial charge in [0.2, 0.25) is 5.91 Å². The number of hydrogen-bond acceptors (Lipinski definition) is 10. The lowest BCUT2D eigenvalue weighted by atomic mass is 9.99. The SMILES string of the molecule is CCC/C=C/CC/C=C/CC/C=C/C(O)C(COC1OC(CO)C(O)C(O)C1O)NC(=O)CCCCCCCCC/C=C\CCCCCCCCCCCCCCOC(=O)CCCCCCCCCCCCC. The molecule has 1 fully saturated rings. The summed E-state index contributed by atoms with van der Waals surface area (Å²) in [6.07, 6.45) is 55.1. The highest BCUT2D eigenvalue weighted by Crippen LogP contribution is 2.23. The fourth-order valence-electron chi connectivity index (χ4n) is 9.29. The van der Waals surface area contributed by atoms with Crippen molar-refractivity contribution in [3.63, 3.8) is 0 Å². The molecule has 426 valence electrons. The van der Waals surface area contributed by atoms with E-state index < -0.39 is 49.5 Å². The molecule has 7 atom stereocenters. The Bertz CT molecular complexity index is 1350. The second kappa shape index (κ2) is 51.7. The standard InChI is InChI=1S/C62H113NO10/c1-3-5-7-9-11-13-28-32-36-40-44-48-55(65)54(53-72-62-61(70)60(69)59(68)56(52-64)73-62)63-57(66)49-45-41-37-33-30-26-24-22-20-18-16-15-17-19-21-23-25-27-31-35-39-43-47-51-71-58(67)50-46-42-38-34-29-14-12-10-8-6-4-2/h7,9,18,20,28,32,44,48,54-56,59-62,64-65,68-70H,3-6,8,10-17,19,21-27,29-31,33-43,45-47,49-53H2,1-2H3,(H,63,66)/b9-7+,20-18-,32-28+,48-44+. The van der Waals surface area contributed by atoms with Crippen LogP contribution in [0.2, 0.25) is 0 Å². The van der Waals surface area contributed by atoms with Gasteiger partial charge in [0.25, 0.3) is 0 Å². The van der Waals surface area contributed by atoms with Crippen LogP contribution in [0.15, 0.2) is 48.6 Å². The number of hydrogen-bond donors (Lipinski definition) is 6. The zero-order valence-electron chi connectivity index (χ0n) is 46.8. The van der Waals surface area contributed by atoms with Gasteiger partial charge >= 0.3 is 5.97 Å². The zero-order chi connectivity index (χ0) is 53.1. The number of rotatable bonds is 52. The Morgan fingerprint density at radius 2 is 0.918 bits per heavy atom. The first-order chi connectivity index (χ1) is 35.7. The van der Waals surface area contributed by atoms with E-state index in [1.54, 1.807) is 6.08 Å². The average Bonchev–Trinajstić information content (AvgIpc) is 3.39. The van der Waals surface area contributed by atoms with Crippen LogP contribution in [0.1, 0.15) is 271 Å². The van der Waals surface area contributed by atoms with Crippen LogP contribution in [0, 0.1) is 0 Å². The molecule has 0 radical (unpaired) electrons. The summed E-state index contributed by atoms with van der Waals surface area (Å²) in [5.74, 6) is -0.206. The van der Waals surface area contributed by atoms with Crippen LogP contribution in [0.4, 0.5) is 0 Å². The Hall–Kier alpha value is -2.38. The molecule has 0 saturated carbocycles. The Labute approximate surface area is 446 Å². The summed E-state index contributed by atoms with van der Waals surface area (Å²) in [4.78, 5) is 25.0. The number of ether oxygens (including phenoxy) is 3. The van der Waals surface area contributed by atoms with Gasteiger partial charge in [-0.25, -0.2) is 0 Å². The summed E-state index contributed by atoms with van der Waals surface area (Å²) in [7, 11) is 0. The van der Waals surface area contributed by atoms with Crippen LogP contribution in [0.5, 0.6) is 0 Å². The molecule has 1 saturated heterocycles. The smallest absolute Gasteiger partial charge is 0.305 e. The van der Waals surface area contributed by atoms with Gasteiger partial charge in [0, 0.05) is 12.8 Å². The lowest BCUT2D eigenvalue weighted by Crippen LogP contribution is -2.60. The Balaban J connectivity index is 2.05. The van der Waals surface area contributed by atoms with Gasteiger partial charge in [0.1, 0.15) is 24.4 Å². The van der Waals surface area contributed by atoms with E-state index in [1.165, 1.54) is 154 Å². The molecule has 0 bridgehead atoms. The molecule has 1 heterocycles. The van der Waals surface area contributed by atoms with Gasteiger partial charge in [-0.2, -0.15) is 0 Å². The van der Waals surface area contributed by atoms with Crippen LogP contribution in [-0.2, 0) is 23.8 Å². The number of carbonyl (C=O) groups excluding carboxylic acids is 2. The van der Waals surface area contributed by atoms with Gasteiger partial charge in [0.05, 0.1) is 32.0 Å². The van der Waals surface area contributed by atoms with Gasteiger partial charge < -0.3 is 45.1 Å². The second-order valence-electron chi connectivity index (χ2n) is 21.0. The average molecular weight is 1030 g/mol. The summed E-state index contributed by atoms with van der Waals surface area (Å²) < 4.78 is 16.7. The highest BCUT2D eigenvalue weighted by atomic mass is 16.7. The highest BCUT2D eigenvalue weighted by Gasteiger charge is 2.44. The van der Waals surface area contributed by atoms with Crippen molar-refractivity contribution in [3.8, 4) is 0 Å². The lowest BCUT2D eigenvalue weighted by Gasteiger charge is -2.40. The van der Waals surface area contributed by atoms with E-state index in [0.29, 0.717) is 19.4 Å². The van der Waals surface area contributed by atoms with Crippen LogP contribution in [0.3, 0.4) is 0 Å². The molecule has 1 rings (SSSR count). The van der Waals surface area contributed by atoms with E-state index in [0.717, 1.165) is 89.9 Å². The number of carbonyl (C=O) groups is 2. The molecule has 1 aliphatic heterocycles.